The molecule has 1 N–H and O–H groups in total. The first-order valence-corrected chi connectivity index (χ1v) is 7.98. The van der Waals surface area contributed by atoms with Crippen LogP contribution in [-0.2, 0) is 4.79 Å². The van der Waals surface area contributed by atoms with Crippen LogP contribution >= 0.6 is 0 Å². The molecule has 1 amide bonds. The standard InChI is InChI=1S/C19H20N2O3/c1-12-6-3-4-8-14(12)15-10-21(11-16(15)19(23)24)18(22)17-9-5-7-13(2)20-17/h3-9,15-16H,10-11H2,1-2H3,(H,23,24)/t15-,16+/m1/s1. The van der Waals surface area contributed by atoms with Crippen LogP contribution in [-0.4, -0.2) is 40.0 Å². The summed E-state index contributed by atoms with van der Waals surface area (Å²) in [5, 5.41) is 9.60. The summed E-state index contributed by atoms with van der Waals surface area (Å²) in [7, 11) is 0. The van der Waals surface area contributed by atoms with Gasteiger partial charge in [0.25, 0.3) is 5.91 Å². The summed E-state index contributed by atoms with van der Waals surface area (Å²) in [4.78, 5) is 30.3. The number of aromatic nitrogens is 1. The van der Waals surface area contributed by atoms with Gasteiger partial charge in [0, 0.05) is 24.7 Å². The molecule has 0 bridgehead atoms. The van der Waals surface area contributed by atoms with E-state index in [4.69, 9.17) is 0 Å². The van der Waals surface area contributed by atoms with Crippen molar-refractivity contribution in [1.82, 2.24) is 9.88 Å². The smallest absolute Gasteiger partial charge is 0.308 e. The van der Waals surface area contributed by atoms with Gasteiger partial charge in [-0.1, -0.05) is 30.3 Å². The zero-order chi connectivity index (χ0) is 17.3. The SMILES string of the molecule is Cc1cccc(C(=O)N2C[C@H](C(=O)O)[C@@H](c3ccccc3C)C2)n1. The molecular weight excluding hydrogens is 304 g/mol. The maximum Gasteiger partial charge on any atom is 0.308 e. The highest BCUT2D eigenvalue weighted by molar-refractivity contribution is 5.93. The van der Waals surface area contributed by atoms with Gasteiger partial charge in [-0.3, -0.25) is 9.59 Å². The number of likely N-dealkylation sites (tertiary alicyclic amines) is 1. The second-order valence-corrected chi connectivity index (χ2v) is 6.28. The van der Waals surface area contributed by atoms with Crippen LogP contribution in [0.2, 0.25) is 0 Å². The van der Waals surface area contributed by atoms with Crippen molar-refractivity contribution in [3.8, 4) is 0 Å². The predicted octanol–water partition coefficient (Wildman–Crippen LogP) is 2.64. The topological polar surface area (TPSA) is 70.5 Å². The largest absolute Gasteiger partial charge is 0.481 e. The van der Waals surface area contributed by atoms with E-state index in [1.807, 2.05) is 44.2 Å². The van der Waals surface area contributed by atoms with Gasteiger partial charge in [0.15, 0.2) is 0 Å². The Morgan fingerprint density at radius 3 is 2.50 bits per heavy atom. The Balaban J connectivity index is 1.89. The number of carboxylic acid groups (broad SMARTS) is 1. The highest BCUT2D eigenvalue weighted by atomic mass is 16.4. The zero-order valence-electron chi connectivity index (χ0n) is 13.8. The van der Waals surface area contributed by atoms with Gasteiger partial charge in [-0.2, -0.15) is 0 Å². The van der Waals surface area contributed by atoms with Gasteiger partial charge in [0.1, 0.15) is 5.69 Å². The van der Waals surface area contributed by atoms with Crippen molar-refractivity contribution in [3.05, 3.63) is 65.0 Å². The summed E-state index contributed by atoms with van der Waals surface area (Å²) in [5.74, 6) is -1.87. The highest BCUT2D eigenvalue weighted by Gasteiger charge is 2.41. The lowest BCUT2D eigenvalue weighted by Gasteiger charge is -2.18. The number of carboxylic acids is 1. The number of carbonyl (C=O) groups excluding carboxylic acids is 1. The average molecular weight is 324 g/mol. The monoisotopic (exact) mass is 324 g/mol. The number of carbonyl (C=O) groups is 2. The Morgan fingerprint density at radius 2 is 1.83 bits per heavy atom. The predicted molar refractivity (Wildman–Crippen MR) is 89.9 cm³/mol. The third-order valence-corrected chi connectivity index (χ3v) is 4.62. The van der Waals surface area contributed by atoms with Gasteiger partial charge < -0.3 is 10.0 Å². The Kier molecular flexibility index (Phi) is 4.34. The van der Waals surface area contributed by atoms with E-state index in [0.29, 0.717) is 12.2 Å². The van der Waals surface area contributed by atoms with Crippen molar-refractivity contribution in [3.63, 3.8) is 0 Å². The van der Waals surface area contributed by atoms with Crippen LogP contribution in [0.15, 0.2) is 42.5 Å². The normalized spacial score (nSPS) is 20.2. The molecule has 0 aliphatic carbocycles. The molecule has 2 heterocycles. The van der Waals surface area contributed by atoms with E-state index in [9.17, 15) is 14.7 Å². The molecule has 1 aromatic carbocycles. The van der Waals surface area contributed by atoms with E-state index in [1.54, 1.807) is 17.0 Å². The molecule has 1 saturated heterocycles. The lowest BCUT2D eigenvalue weighted by molar-refractivity contribution is -0.141. The molecule has 0 saturated carbocycles. The third-order valence-electron chi connectivity index (χ3n) is 4.62. The molecule has 0 unspecified atom stereocenters. The number of amides is 1. The first-order chi connectivity index (χ1) is 11.5. The quantitative estimate of drug-likeness (QED) is 0.942. The summed E-state index contributed by atoms with van der Waals surface area (Å²) >= 11 is 0. The molecule has 1 aromatic heterocycles. The van der Waals surface area contributed by atoms with E-state index >= 15 is 0 Å². The fourth-order valence-electron chi connectivity index (χ4n) is 3.36. The van der Waals surface area contributed by atoms with E-state index in [-0.39, 0.29) is 18.4 Å². The van der Waals surface area contributed by atoms with Crippen LogP contribution < -0.4 is 0 Å². The van der Waals surface area contributed by atoms with Crippen LogP contribution in [0.1, 0.15) is 33.2 Å². The number of rotatable bonds is 3. The first-order valence-electron chi connectivity index (χ1n) is 7.98. The van der Waals surface area contributed by atoms with Gasteiger partial charge in [-0.05, 0) is 37.1 Å². The van der Waals surface area contributed by atoms with E-state index < -0.39 is 11.9 Å². The van der Waals surface area contributed by atoms with Gasteiger partial charge >= 0.3 is 5.97 Å². The van der Waals surface area contributed by atoms with Gasteiger partial charge in [-0.15, -0.1) is 0 Å². The Hall–Kier alpha value is -2.69. The summed E-state index contributed by atoms with van der Waals surface area (Å²) in [6.07, 6.45) is 0. The summed E-state index contributed by atoms with van der Waals surface area (Å²) < 4.78 is 0. The molecule has 3 rings (SSSR count). The van der Waals surface area contributed by atoms with E-state index in [2.05, 4.69) is 4.98 Å². The van der Waals surface area contributed by atoms with Crippen LogP contribution in [0.4, 0.5) is 0 Å². The second-order valence-electron chi connectivity index (χ2n) is 6.28. The number of pyridine rings is 1. The van der Waals surface area contributed by atoms with Crippen molar-refractivity contribution >= 4 is 11.9 Å². The number of benzene rings is 1. The first kappa shape index (κ1) is 16.2. The van der Waals surface area contributed by atoms with Crippen LogP contribution in [0.3, 0.4) is 0 Å². The van der Waals surface area contributed by atoms with Crippen LogP contribution in [0.25, 0.3) is 0 Å². The summed E-state index contributed by atoms with van der Waals surface area (Å²) in [5.41, 5.74) is 3.18. The molecule has 0 spiro atoms. The Bertz CT molecular complexity index is 788. The molecule has 2 aromatic rings. The van der Waals surface area contributed by atoms with Crippen molar-refractivity contribution in [2.75, 3.05) is 13.1 Å². The molecule has 24 heavy (non-hydrogen) atoms. The molecule has 1 fully saturated rings. The molecule has 1 aliphatic heterocycles. The number of nitrogens with zero attached hydrogens (tertiary/aromatic N) is 2. The van der Waals surface area contributed by atoms with Gasteiger partial charge in [0.2, 0.25) is 0 Å². The van der Waals surface area contributed by atoms with E-state index in [0.717, 1.165) is 16.8 Å². The molecule has 0 radical (unpaired) electrons. The molecule has 1 aliphatic rings. The molecular formula is C19H20N2O3. The molecule has 2 atom stereocenters. The minimum Gasteiger partial charge on any atom is -0.481 e. The van der Waals surface area contributed by atoms with Crippen molar-refractivity contribution < 1.29 is 14.7 Å². The number of aryl methyl sites for hydroxylation is 2. The fraction of sp³-hybridized carbons (Fsp3) is 0.316. The highest BCUT2D eigenvalue weighted by Crippen LogP contribution is 2.35. The maximum atomic E-state index is 12.7. The lowest BCUT2D eigenvalue weighted by Crippen LogP contribution is -2.30. The van der Waals surface area contributed by atoms with Gasteiger partial charge in [0.05, 0.1) is 5.92 Å². The molecule has 5 heteroatoms. The fourth-order valence-corrected chi connectivity index (χ4v) is 3.36. The lowest BCUT2D eigenvalue weighted by atomic mass is 9.86. The Morgan fingerprint density at radius 1 is 1.08 bits per heavy atom. The van der Waals surface area contributed by atoms with Gasteiger partial charge in [-0.25, -0.2) is 4.98 Å². The minimum atomic E-state index is -0.865. The summed E-state index contributed by atoms with van der Waals surface area (Å²) in [6.45, 7) is 4.41. The maximum absolute atomic E-state index is 12.7. The molecule has 5 nitrogen and oxygen atoms in total. The van der Waals surface area contributed by atoms with E-state index in [1.165, 1.54) is 0 Å². The zero-order valence-corrected chi connectivity index (χ0v) is 13.8. The second kappa shape index (κ2) is 6.43. The summed E-state index contributed by atoms with van der Waals surface area (Å²) in [6, 6.07) is 13.1. The van der Waals surface area contributed by atoms with Crippen LogP contribution in [0, 0.1) is 19.8 Å². The number of hydrogen-bond donors (Lipinski definition) is 1. The molecule has 124 valence electrons. The van der Waals surface area contributed by atoms with Crippen LogP contribution in [0.5, 0.6) is 0 Å². The minimum absolute atomic E-state index is 0.197. The van der Waals surface area contributed by atoms with Crippen molar-refractivity contribution in [2.45, 2.75) is 19.8 Å². The van der Waals surface area contributed by atoms with Crippen molar-refractivity contribution in [1.29, 1.82) is 0 Å². The number of hydrogen-bond acceptors (Lipinski definition) is 3. The number of aliphatic carboxylic acids is 1. The Labute approximate surface area is 140 Å². The third kappa shape index (κ3) is 3.02. The average Bonchev–Trinajstić information content (AvgIpc) is 3.00. The van der Waals surface area contributed by atoms with Crippen molar-refractivity contribution in [2.24, 2.45) is 5.92 Å².